The molecule has 3 aromatic rings. The first-order chi connectivity index (χ1) is 16.7. The number of likely N-dealkylation sites (tertiary alicyclic amines) is 1. The Labute approximate surface area is 199 Å². The Bertz CT molecular complexity index is 1230. The van der Waals surface area contributed by atoms with Crippen LogP contribution < -0.4 is 15.8 Å². The average molecular weight is 492 g/mol. The molecule has 0 saturated carbocycles. The molecule has 5 heterocycles. The SMILES string of the molecule is CNC(O)c1ccc(N2CCC(N3CCC(c4cc5c(C(F)(F)F)n[nH]c5c(=O)[nH]4)C3)CC2)cn1. The molecule has 2 atom stereocenters. The van der Waals surface area contributed by atoms with Gasteiger partial charge in [0.25, 0.3) is 5.56 Å². The number of pyridine rings is 2. The Morgan fingerprint density at radius 2 is 1.97 bits per heavy atom. The molecule has 9 nitrogen and oxygen atoms in total. The van der Waals surface area contributed by atoms with Crippen LogP contribution in [0.5, 0.6) is 0 Å². The van der Waals surface area contributed by atoms with Crippen molar-refractivity contribution in [3.8, 4) is 0 Å². The Morgan fingerprint density at radius 3 is 2.63 bits per heavy atom. The summed E-state index contributed by atoms with van der Waals surface area (Å²) in [6.07, 6.45) is -0.935. The second kappa shape index (κ2) is 9.25. The van der Waals surface area contributed by atoms with Crippen LogP contribution in [0.25, 0.3) is 10.9 Å². The van der Waals surface area contributed by atoms with Gasteiger partial charge in [-0.25, -0.2) is 0 Å². The molecule has 188 valence electrons. The smallest absolute Gasteiger partial charge is 0.373 e. The van der Waals surface area contributed by atoms with Crippen LogP contribution in [-0.4, -0.2) is 69.4 Å². The van der Waals surface area contributed by atoms with E-state index in [1.54, 1.807) is 13.2 Å². The third-order valence-corrected chi connectivity index (χ3v) is 7.19. The zero-order valence-corrected chi connectivity index (χ0v) is 19.3. The molecule has 0 bridgehead atoms. The monoisotopic (exact) mass is 491 g/mol. The lowest BCUT2D eigenvalue weighted by Crippen LogP contribution is -2.44. The molecule has 0 amide bonds. The summed E-state index contributed by atoms with van der Waals surface area (Å²) < 4.78 is 39.9. The van der Waals surface area contributed by atoms with Crippen molar-refractivity contribution in [1.29, 1.82) is 0 Å². The molecular weight excluding hydrogens is 463 g/mol. The maximum atomic E-state index is 13.3. The number of fused-ring (bicyclic) bond motifs is 1. The quantitative estimate of drug-likeness (QED) is 0.405. The van der Waals surface area contributed by atoms with E-state index < -0.39 is 23.7 Å². The van der Waals surface area contributed by atoms with Crippen molar-refractivity contribution in [2.75, 3.05) is 38.1 Å². The lowest BCUT2D eigenvalue weighted by Gasteiger charge is -2.37. The Morgan fingerprint density at radius 1 is 1.20 bits per heavy atom. The van der Waals surface area contributed by atoms with Crippen LogP contribution >= 0.6 is 0 Å². The van der Waals surface area contributed by atoms with Crippen LogP contribution in [0.1, 0.15) is 48.5 Å². The summed E-state index contributed by atoms with van der Waals surface area (Å²) in [4.78, 5) is 24.2. The Kier molecular flexibility index (Phi) is 6.28. The fourth-order valence-electron chi connectivity index (χ4n) is 5.24. The zero-order chi connectivity index (χ0) is 24.7. The number of aromatic amines is 2. The van der Waals surface area contributed by atoms with E-state index in [1.807, 2.05) is 12.1 Å². The number of aliphatic hydroxyl groups is 1. The highest BCUT2D eigenvalue weighted by Gasteiger charge is 2.37. The van der Waals surface area contributed by atoms with E-state index in [0.717, 1.165) is 44.6 Å². The van der Waals surface area contributed by atoms with E-state index in [4.69, 9.17) is 0 Å². The number of hydrogen-bond acceptors (Lipinski definition) is 7. The third kappa shape index (κ3) is 4.65. The highest BCUT2D eigenvalue weighted by Crippen LogP contribution is 2.35. The fraction of sp³-hybridized carbons (Fsp3) is 0.522. The molecule has 2 saturated heterocycles. The van der Waals surface area contributed by atoms with Gasteiger partial charge >= 0.3 is 6.18 Å². The number of nitrogens with zero attached hydrogens (tertiary/aromatic N) is 4. The molecule has 4 N–H and O–H groups in total. The molecule has 2 aliphatic rings. The minimum atomic E-state index is -4.62. The molecule has 0 spiro atoms. The summed E-state index contributed by atoms with van der Waals surface area (Å²) in [6, 6.07) is 5.59. The van der Waals surface area contributed by atoms with Crippen molar-refractivity contribution in [1.82, 2.24) is 30.4 Å². The minimum Gasteiger partial charge on any atom is -0.373 e. The van der Waals surface area contributed by atoms with E-state index >= 15 is 0 Å². The van der Waals surface area contributed by atoms with E-state index in [-0.39, 0.29) is 16.8 Å². The number of aromatic nitrogens is 4. The molecular formula is C23H28F3N7O2. The van der Waals surface area contributed by atoms with Crippen LogP contribution in [0.15, 0.2) is 29.2 Å². The molecule has 3 aromatic heterocycles. The number of nitrogens with one attached hydrogen (secondary N) is 3. The van der Waals surface area contributed by atoms with E-state index in [9.17, 15) is 23.1 Å². The molecule has 5 rings (SSSR count). The number of halogens is 3. The first-order valence-electron chi connectivity index (χ1n) is 11.7. The first-order valence-corrected chi connectivity index (χ1v) is 11.7. The van der Waals surface area contributed by atoms with Crippen LogP contribution in [0.3, 0.4) is 0 Å². The lowest BCUT2D eigenvalue weighted by atomic mass is 10.0. The van der Waals surface area contributed by atoms with Gasteiger partial charge in [0, 0.05) is 42.7 Å². The predicted octanol–water partition coefficient (Wildman–Crippen LogP) is 2.33. The van der Waals surface area contributed by atoms with Gasteiger partial charge in [-0.3, -0.25) is 25.1 Å². The minimum absolute atomic E-state index is 0.0311. The van der Waals surface area contributed by atoms with Crippen LogP contribution in [-0.2, 0) is 6.18 Å². The molecule has 0 aromatic carbocycles. The number of H-pyrrole nitrogens is 2. The van der Waals surface area contributed by atoms with Crippen LogP contribution in [0, 0.1) is 0 Å². The highest BCUT2D eigenvalue weighted by atomic mass is 19.4. The fourth-order valence-corrected chi connectivity index (χ4v) is 5.24. The average Bonchev–Trinajstić information content (AvgIpc) is 3.52. The molecule has 2 unspecified atom stereocenters. The number of piperidine rings is 1. The normalized spacial score (nSPS) is 21.2. The number of rotatable bonds is 5. The van der Waals surface area contributed by atoms with Crippen molar-refractivity contribution in [2.45, 2.75) is 43.6 Å². The highest BCUT2D eigenvalue weighted by molar-refractivity contribution is 5.81. The Hall–Kier alpha value is -2.96. The summed E-state index contributed by atoms with van der Waals surface area (Å²) in [6.45, 7) is 3.27. The van der Waals surface area contributed by atoms with Crippen LogP contribution in [0.4, 0.5) is 18.9 Å². The van der Waals surface area contributed by atoms with Crippen molar-refractivity contribution in [3.63, 3.8) is 0 Å². The van der Waals surface area contributed by atoms with E-state index in [2.05, 4.69) is 35.3 Å². The number of anilines is 1. The van der Waals surface area contributed by atoms with Crippen molar-refractivity contribution in [2.24, 2.45) is 0 Å². The largest absolute Gasteiger partial charge is 0.435 e. The van der Waals surface area contributed by atoms with Crippen LogP contribution in [0.2, 0.25) is 0 Å². The maximum absolute atomic E-state index is 13.3. The summed E-state index contributed by atoms with van der Waals surface area (Å²) in [5.41, 5.74) is 0.347. The van der Waals surface area contributed by atoms with Crippen molar-refractivity contribution >= 4 is 16.6 Å². The molecule has 2 fully saturated rings. The molecule has 0 radical (unpaired) electrons. The number of aliphatic hydroxyl groups excluding tert-OH is 1. The first kappa shape index (κ1) is 23.8. The second-order valence-electron chi connectivity index (χ2n) is 9.24. The molecule has 2 aliphatic heterocycles. The van der Waals surface area contributed by atoms with Gasteiger partial charge in [-0.05, 0) is 51.1 Å². The number of alkyl halides is 3. The van der Waals surface area contributed by atoms with Gasteiger partial charge in [-0.1, -0.05) is 0 Å². The van der Waals surface area contributed by atoms with Gasteiger partial charge in [0.15, 0.2) is 5.69 Å². The molecule has 0 aliphatic carbocycles. The molecule has 35 heavy (non-hydrogen) atoms. The van der Waals surface area contributed by atoms with E-state index in [0.29, 0.717) is 24.0 Å². The van der Waals surface area contributed by atoms with Gasteiger partial charge in [-0.2, -0.15) is 18.3 Å². The van der Waals surface area contributed by atoms with Gasteiger partial charge in [0.2, 0.25) is 0 Å². The summed E-state index contributed by atoms with van der Waals surface area (Å²) >= 11 is 0. The topological polar surface area (TPSA) is 113 Å². The third-order valence-electron chi connectivity index (χ3n) is 7.19. The Balaban J connectivity index is 1.23. The summed E-state index contributed by atoms with van der Waals surface area (Å²) in [5.74, 6) is -0.0311. The summed E-state index contributed by atoms with van der Waals surface area (Å²) in [5, 5.41) is 18.0. The van der Waals surface area contributed by atoms with Crippen molar-refractivity contribution < 1.29 is 18.3 Å². The predicted molar refractivity (Wildman–Crippen MR) is 124 cm³/mol. The van der Waals surface area contributed by atoms with Gasteiger partial charge < -0.3 is 15.0 Å². The maximum Gasteiger partial charge on any atom is 0.435 e. The van der Waals surface area contributed by atoms with Crippen molar-refractivity contribution in [3.05, 3.63) is 51.8 Å². The number of hydrogen-bond donors (Lipinski definition) is 4. The zero-order valence-electron chi connectivity index (χ0n) is 19.3. The van der Waals surface area contributed by atoms with Gasteiger partial charge in [0.1, 0.15) is 11.7 Å². The lowest BCUT2D eigenvalue weighted by molar-refractivity contribution is -0.139. The standard InChI is InChI=1S/C23H28F3N7O2/c1-27-21(34)17-3-2-15(11-28-17)32-8-5-14(6-9-32)33-7-4-13(12-33)18-10-16-19(22(35)29-18)30-31-20(16)23(24,25)26/h2-3,10-11,13-14,21,27,34H,4-9,12H2,1H3,(H,29,35)(H,30,31). The summed E-state index contributed by atoms with van der Waals surface area (Å²) in [7, 11) is 1.67. The van der Waals surface area contributed by atoms with Gasteiger partial charge in [-0.15, -0.1) is 0 Å². The van der Waals surface area contributed by atoms with Gasteiger partial charge in [0.05, 0.1) is 17.6 Å². The molecule has 12 heteroatoms. The van der Waals surface area contributed by atoms with E-state index in [1.165, 1.54) is 6.07 Å². The second-order valence-corrected chi connectivity index (χ2v) is 9.24.